The van der Waals surface area contributed by atoms with E-state index < -0.39 is 5.97 Å². The van der Waals surface area contributed by atoms with Crippen molar-refractivity contribution < 1.29 is 19.1 Å². The Labute approximate surface area is 139 Å². The molecule has 4 nitrogen and oxygen atoms in total. The largest absolute Gasteiger partial charge is 0.478 e. The molecule has 0 saturated carbocycles. The normalized spacial score (nSPS) is 17.0. The molecule has 1 atom stereocenters. The third-order valence-corrected chi connectivity index (χ3v) is 4.36. The molecule has 124 valence electrons. The Kier molecular flexibility index (Phi) is 4.60. The van der Waals surface area contributed by atoms with E-state index in [9.17, 15) is 14.0 Å². The second kappa shape index (κ2) is 6.83. The highest BCUT2D eigenvalue weighted by atomic mass is 19.1. The van der Waals surface area contributed by atoms with Crippen molar-refractivity contribution >= 4 is 11.9 Å². The average molecular weight is 327 g/mol. The topological polar surface area (TPSA) is 57.6 Å². The number of likely N-dealkylation sites (tertiary alicyclic amines) is 1. The van der Waals surface area contributed by atoms with Gasteiger partial charge in [0.2, 0.25) is 5.91 Å². The third kappa shape index (κ3) is 3.45. The second-order valence-corrected chi connectivity index (χ2v) is 5.98. The molecule has 1 amide bonds. The molecular formula is C19H18FNO3. The summed E-state index contributed by atoms with van der Waals surface area (Å²) in [6, 6.07) is 12.6. The van der Waals surface area contributed by atoms with Crippen molar-refractivity contribution in [1.82, 2.24) is 4.90 Å². The van der Waals surface area contributed by atoms with Crippen LogP contribution in [0, 0.1) is 5.82 Å². The number of aromatic carboxylic acids is 1. The molecule has 1 unspecified atom stereocenters. The highest BCUT2D eigenvalue weighted by Crippen LogP contribution is 2.32. The molecule has 3 rings (SSSR count). The van der Waals surface area contributed by atoms with Gasteiger partial charge in [0.1, 0.15) is 5.82 Å². The summed E-state index contributed by atoms with van der Waals surface area (Å²) in [6.07, 6.45) is 1.93. The smallest absolute Gasteiger partial charge is 0.335 e. The van der Waals surface area contributed by atoms with Crippen molar-refractivity contribution in [3.63, 3.8) is 0 Å². The van der Waals surface area contributed by atoms with Gasteiger partial charge in [-0.15, -0.1) is 0 Å². The number of hydrogen-bond donors (Lipinski definition) is 1. The van der Waals surface area contributed by atoms with E-state index >= 15 is 0 Å². The molecular weight excluding hydrogens is 309 g/mol. The molecule has 1 saturated heterocycles. The lowest BCUT2D eigenvalue weighted by Crippen LogP contribution is -2.31. The Hall–Kier alpha value is -2.69. The van der Waals surface area contributed by atoms with Gasteiger partial charge in [-0.05, 0) is 48.2 Å². The first kappa shape index (κ1) is 16.2. The fraction of sp³-hybridized carbons (Fsp3) is 0.263. The number of amides is 1. The standard InChI is InChI=1S/C19H18FNO3/c20-16-4-1-3-15(12-16)17-5-2-10-21(17)18(22)11-13-6-8-14(9-7-13)19(23)24/h1,3-4,6-9,12,17H,2,5,10-11H2,(H,23,24). The van der Waals surface area contributed by atoms with Crippen LogP contribution in [0.25, 0.3) is 0 Å². The molecule has 0 bridgehead atoms. The van der Waals surface area contributed by atoms with Crippen LogP contribution in [0.5, 0.6) is 0 Å². The van der Waals surface area contributed by atoms with Gasteiger partial charge in [-0.2, -0.15) is 0 Å². The number of hydrogen-bond acceptors (Lipinski definition) is 2. The van der Waals surface area contributed by atoms with E-state index in [1.165, 1.54) is 24.3 Å². The van der Waals surface area contributed by atoms with Gasteiger partial charge in [-0.1, -0.05) is 24.3 Å². The van der Waals surface area contributed by atoms with Crippen LogP contribution >= 0.6 is 0 Å². The highest BCUT2D eigenvalue weighted by Gasteiger charge is 2.29. The van der Waals surface area contributed by atoms with Crippen LogP contribution in [0.3, 0.4) is 0 Å². The second-order valence-electron chi connectivity index (χ2n) is 5.98. The lowest BCUT2D eigenvalue weighted by molar-refractivity contribution is -0.131. The first-order chi connectivity index (χ1) is 11.5. The van der Waals surface area contributed by atoms with E-state index in [1.54, 1.807) is 23.1 Å². The summed E-state index contributed by atoms with van der Waals surface area (Å²) in [6.45, 7) is 0.660. The van der Waals surface area contributed by atoms with Gasteiger partial charge in [0, 0.05) is 6.54 Å². The van der Waals surface area contributed by atoms with Crippen LogP contribution in [0.15, 0.2) is 48.5 Å². The van der Waals surface area contributed by atoms with Crippen molar-refractivity contribution in [1.29, 1.82) is 0 Å². The summed E-state index contributed by atoms with van der Waals surface area (Å²) in [5, 5.41) is 8.91. The molecule has 24 heavy (non-hydrogen) atoms. The summed E-state index contributed by atoms with van der Waals surface area (Å²) < 4.78 is 13.4. The van der Waals surface area contributed by atoms with Gasteiger partial charge in [-0.25, -0.2) is 9.18 Å². The summed E-state index contributed by atoms with van der Waals surface area (Å²) in [7, 11) is 0. The first-order valence-corrected chi connectivity index (χ1v) is 7.92. The number of halogens is 1. The third-order valence-electron chi connectivity index (χ3n) is 4.36. The van der Waals surface area contributed by atoms with E-state index in [2.05, 4.69) is 0 Å². The minimum absolute atomic E-state index is 0.0233. The Morgan fingerprint density at radius 2 is 1.92 bits per heavy atom. The van der Waals surface area contributed by atoms with Gasteiger partial charge in [-0.3, -0.25) is 4.79 Å². The van der Waals surface area contributed by atoms with Crippen LogP contribution < -0.4 is 0 Å². The van der Waals surface area contributed by atoms with Crippen LogP contribution in [-0.4, -0.2) is 28.4 Å². The highest BCUT2D eigenvalue weighted by molar-refractivity contribution is 5.87. The number of carboxylic acid groups (broad SMARTS) is 1. The van der Waals surface area contributed by atoms with Crippen molar-refractivity contribution in [2.75, 3.05) is 6.54 Å². The van der Waals surface area contributed by atoms with Crippen molar-refractivity contribution in [2.24, 2.45) is 0 Å². The number of carbonyl (C=O) groups excluding carboxylic acids is 1. The van der Waals surface area contributed by atoms with E-state index in [0.717, 1.165) is 24.0 Å². The van der Waals surface area contributed by atoms with Crippen LogP contribution in [0.2, 0.25) is 0 Å². The zero-order valence-electron chi connectivity index (χ0n) is 13.1. The Morgan fingerprint density at radius 3 is 2.58 bits per heavy atom. The van der Waals surface area contributed by atoms with E-state index in [0.29, 0.717) is 6.54 Å². The van der Waals surface area contributed by atoms with Gasteiger partial charge in [0.15, 0.2) is 0 Å². The van der Waals surface area contributed by atoms with Crippen molar-refractivity contribution in [3.05, 3.63) is 71.0 Å². The quantitative estimate of drug-likeness (QED) is 0.936. The number of carboxylic acids is 1. The minimum Gasteiger partial charge on any atom is -0.478 e. The first-order valence-electron chi connectivity index (χ1n) is 7.92. The van der Waals surface area contributed by atoms with E-state index in [4.69, 9.17) is 5.11 Å². The van der Waals surface area contributed by atoms with Crippen LogP contribution in [0.1, 0.15) is 40.4 Å². The Morgan fingerprint density at radius 1 is 1.17 bits per heavy atom. The molecule has 2 aromatic carbocycles. The monoisotopic (exact) mass is 327 g/mol. The van der Waals surface area contributed by atoms with Crippen molar-refractivity contribution in [2.45, 2.75) is 25.3 Å². The molecule has 1 fully saturated rings. The number of rotatable bonds is 4. The van der Waals surface area contributed by atoms with Gasteiger partial charge >= 0.3 is 5.97 Å². The molecule has 0 aliphatic carbocycles. The fourth-order valence-electron chi connectivity index (χ4n) is 3.17. The zero-order valence-corrected chi connectivity index (χ0v) is 13.1. The molecule has 0 aromatic heterocycles. The Balaban J connectivity index is 1.72. The van der Waals surface area contributed by atoms with E-state index in [1.807, 2.05) is 6.07 Å². The molecule has 5 heteroatoms. The lowest BCUT2D eigenvalue weighted by Gasteiger charge is -2.25. The molecule has 1 heterocycles. The zero-order chi connectivity index (χ0) is 17.1. The summed E-state index contributed by atoms with van der Waals surface area (Å²) in [5.41, 5.74) is 1.79. The van der Waals surface area contributed by atoms with Gasteiger partial charge in [0.25, 0.3) is 0 Å². The summed E-state index contributed by atoms with van der Waals surface area (Å²) in [4.78, 5) is 25.3. The van der Waals surface area contributed by atoms with Crippen LogP contribution in [-0.2, 0) is 11.2 Å². The Bertz CT molecular complexity index is 757. The van der Waals surface area contributed by atoms with E-state index in [-0.39, 0.29) is 29.8 Å². The molecule has 2 aromatic rings. The minimum atomic E-state index is -0.987. The maximum absolute atomic E-state index is 13.4. The number of benzene rings is 2. The maximum Gasteiger partial charge on any atom is 0.335 e. The van der Waals surface area contributed by atoms with Gasteiger partial charge in [0.05, 0.1) is 18.0 Å². The molecule has 1 N–H and O–H groups in total. The molecule has 0 radical (unpaired) electrons. The average Bonchev–Trinajstić information content (AvgIpc) is 3.05. The predicted octanol–water partition coefficient (Wildman–Crippen LogP) is 3.43. The molecule has 1 aliphatic rings. The summed E-state index contributed by atoms with van der Waals surface area (Å²) >= 11 is 0. The fourth-order valence-corrected chi connectivity index (χ4v) is 3.17. The molecule has 1 aliphatic heterocycles. The molecule has 0 spiro atoms. The maximum atomic E-state index is 13.4. The lowest BCUT2D eigenvalue weighted by atomic mass is 10.0. The summed E-state index contributed by atoms with van der Waals surface area (Å²) in [5.74, 6) is -1.31. The predicted molar refractivity (Wildman–Crippen MR) is 87.2 cm³/mol. The van der Waals surface area contributed by atoms with Crippen LogP contribution in [0.4, 0.5) is 4.39 Å². The SMILES string of the molecule is O=C(O)c1ccc(CC(=O)N2CCCC2c2cccc(F)c2)cc1. The van der Waals surface area contributed by atoms with Crippen molar-refractivity contribution in [3.8, 4) is 0 Å². The van der Waals surface area contributed by atoms with Gasteiger partial charge < -0.3 is 10.0 Å². The number of nitrogens with zero attached hydrogens (tertiary/aromatic N) is 1. The number of carbonyl (C=O) groups is 2.